The third kappa shape index (κ3) is 2.30. The summed E-state index contributed by atoms with van der Waals surface area (Å²) in [4.78, 5) is 0. The molecule has 2 rings (SSSR count). The number of rotatable bonds is 3. The molecular weight excluding hydrogens is 238 g/mol. The Kier molecular flexibility index (Phi) is 3.41. The van der Waals surface area contributed by atoms with E-state index >= 15 is 0 Å². The minimum atomic E-state index is -0.285. The van der Waals surface area contributed by atoms with Crippen LogP contribution < -0.4 is 10.5 Å². The molecule has 1 aromatic heterocycles. The lowest BCUT2D eigenvalue weighted by Gasteiger charge is -2.14. The maximum atomic E-state index is 6.17. The lowest BCUT2D eigenvalue weighted by Crippen LogP contribution is -2.12. The highest BCUT2D eigenvalue weighted by atomic mass is 35.5. The Balaban J connectivity index is 2.38. The van der Waals surface area contributed by atoms with E-state index in [-0.39, 0.29) is 6.04 Å². The fraction of sp³-hybridized carbons (Fsp3) is 0.231. The van der Waals surface area contributed by atoms with Crippen LogP contribution in [0.2, 0.25) is 5.22 Å². The number of furan rings is 1. The number of methoxy groups -OCH3 is 1. The maximum Gasteiger partial charge on any atom is 0.198 e. The Morgan fingerprint density at radius 2 is 2.06 bits per heavy atom. The Morgan fingerprint density at radius 3 is 2.59 bits per heavy atom. The Morgan fingerprint density at radius 1 is 1.29 bits per heavy atom. The molecule has 0 amide bonds. The van der Waals surface area contributed by atoms with Crippen molar-refractivity contribution in [3.63, 3.8) is 0 Å². The van der Waals surface area contributed by atoms with Crippen molar-refractivity contribution in [1.29, 1.82) is 0 Å². The third-order valence-electron chi connectivity index (χ3n) is 2.79. The molecule has 0 aliphatic carbocycles. The molecule has 1 heterocycles. The summed E-state index contributed by atoms with van der Waals surface area (Å²) in [5, 5.41) is 0.340. The van der Waals surface area contributed by atoms with E-state index < -0.39 is 0 Å². The van der Waals surface area contributed by atoms with E-state index in [0.29, 0.717) is 5.22 Å². The van der Waals surface area contributed by atoms with Crippen molar-refractivity contribution in [2.24, 2.45) is 5.73 Å². The van der Waals surface area contributed by atoms with Crippen LogP contribution in [0.1, 0.15) is 22.7 Å². The second-order valence-electron chi connectivity index (χ2n) is 3.85. The van der Waals surface area contributed by atoms with Crippen molar-refractivity contribution < 1.29 is 9.15 Å². The summed E-state index contributed by atoms with van der Waals surface area (Å²) in [6.45, 7) is 1.99. The number of hydrogen-bond acceptors (Lipinski definition) is 3. The first kappa shape index (κ1) is 12.0. The number of ether oxygens (including phenoxy) is 1. The standard InChI is InChI=1S/C13H14ClNO2/c1-8-7-9(16-2)3-4-10(8)12(15)11-5-6-17-13(11)14/h3-7,12H,15H2,1-2H3. The average molecular weight is 252 g/mol. The highest BCUT2D eigenvalue weighted by Gasteiger charge is 2.16. The quantitative estimate of drug-likeness (QED) is 0.911. The average Bonchev–Trinajstić information content (AvgIpc) is 2.74. The summed E-state index contributed by atoms with van der Waals surface area (Å²) in [5.74, 6) is 0.816. The molecule has 0 aliphatic rings. The van der Waals surface area contributed by atoms with Gasteiger partial charge in [-0.15, -0.1) is 0 Å². The van der Waals surface area contributed by atoms with Gasteiger partial charge in [-0.3, -0.25) is 0 Å². The summed E-state index contributed by atoms with van der Waals surface area (Å²) < 4.78 is 10.2. The van der Waals surface area contributed by atoms with Crippen molar-refractivity contribution in [3.8, 4) is 5.75 Å². The Hall–Kier alpha value is -1.45. The van der Waals surface area contributed by atoms with Gasteiger partial charge in [-0.05, 0) is 47.9 Å². The number of hydrogen-bond donors (Lipinski definition) is 1. The van der Waals surface area contributed by atoms with E-state index in [1.54, 1.807) is 13.2 Å². The predicted octanol–water partition coefficient (Wildman–Crippen LogP) is 3.30. The SMILES string of the molecule is COc1ccc(C(N)c2ccoc2Cl)c(C)c1. The van der Waals surface area contributed by atoms with Crippen molar-refractivity contribution in [2.75, 3.05) is 7.11 Å². The van der Waals surface area contributed by atoms with Gasteiger partial charge in [0.1, 0.15) is 5.75 Å². The van der Waals surface area contributed by atoms with Crippen LogP contribution in [0.15, 0.2) is 34.9 Å². The molecule has 2 aromatic rings. The molecule has 1 atom stereocenters. The van der Waals surface area contributed by atoms with Crippen molar-refractivity contribution in [1.82, 2.24) is 0 Å². The zero-order chi connectivity index (χ0) is 12.4. The van der Waals surface area contributed by atoms with E-state index in [1.807, 2.05) is 25.1 Å². The van der Waals surface area contributed by atoms with Crippen LogP contribution >= 0.6 is 11.6 Å². The molecule has 0 radical (unpaired) electrons. The molecule has 2 N–H and O–H groups in total. The molecule has 90 valence electrons. The molecule has 0 saturated carbocycles. The molecule has 17 heavy (non-hydrogen) atoms. The van der Waals surface area contributed by atoms with Gasteiger partial charge in [-0.25, -0.2) is 0 Å². The highest BCUT2D eigenvalue weighted by Crippen LogP contribution is 2.30. The van der Waals surface area contributed by atoms with Crippen LogP contribution in [-0.4, -0.2) is 7.11 Å². The molecule has 0 bridgehead atoms. The molecule has 0 saturated heterocycles. The van der Waals surface area contributed by atoms with Crippen LogP contribution in [0.4, 0.5) is 0 Å². The molecule has 1 aromatic carbocycles. The lowest BCUT2D eigenvalue weighted by atomic mass is 9.97. The molecular formula is C13H14ClNO2. The molecule has 4 heteroatoms. The number of halogens is 1. The number of nitrogens with two attached hydrogens (primary N) is 1. The number of aryl methyl sites for hydroxylation is 1. The summed E-state index contributed by atoms with van der Waals surface area (Å²) in [6.07, 6.45) is 1.54. The highest BCUT2D eigenvalue weighted by molar-refractivity contribution is 6.29. The molecule has 3 nitrogen and oxygen atoms in total. The van der Waals surface area contributed by atoms with Gasteiger partial charge in [0.05, 0.1) is 19.4 Å². The topological polar surface area (TPSA) is 48.4 Å². The van der Waals surface area contributed by atoms with Crippen LogP contribution in [-0.2, 0) is 0 Å². The predicted molar refractivity (Wildman–Crippen MR) is 67.5 cm³/mol. The summed E-state index contributed by atoms with van der Waals surface area (Å²) in [7, 11) is 1.64. The van der Waals surface area contributed by atoms with E-state index in [4.69, 9.17) is 26.5 Å². The Bertz CT molecular complexity index is 522. The van der Waals surface area contributed by atoms with E-state index in [0.717, 1.165) is 22.4 Å². The zero-order valence-corrected chi connectivity index (χ0v) is 10.5. The van der Waals surface area contributed by atoms with Crippen LogP contribution in [0, 0.1) is 6.92 Å². The minimum Gasteiger partial charge on any atom is -0.497 e. The summed E-state index contributed by atoms with van der Waals surface area (Å²) in [6, 6.07) is 7.28. The second kappa shape index (κ2) is 4.82. The van der Waals surface area contributed by atoms with E-state index in [2.05, 4.69) is 0 Å². The van der Waals surface area contributed by atoms with Crippen molar-refractivity contribution in [3.05, 3.63) is 52.4 Å². The van der Waals surface area contributed by atoms with Gasteiger partial charge in [0.15, 0.2) is 5.22 Å². The smallest absolute Gasteiger partial charge is 0.198 e. The normalized spacial score (nSPS) is 12.5. The molecule has 0 spiro atoms. The van der Waals surface area contributed by atoms with Crippen LogP contribution in [0.25, 0.3) is 0 Å². The third-order valence-corrected chi connectivity index (χ3v) is 3.10. The Labute approximate surface area is 105 Å². The fourth-order valence-electron chi connectivity index (χ4n) is 1.82. The first-order valence-corrected chi connectivity index (χ1v) is 5.64. The molecule has 0 fully saturated rings. The maximum absolute atomic E-state index is 6.17. The van der Waals surface area contributed by atoms with Crippen molar-refractivity contribution >= 4 is 11.6 Å². The van der Waals surface area contributed by atoms with Gasteiger partial charge in [0.2, 0.25) is 0 Å². The largest absolute Gasteiger partial charge is 0.497 e. The van der Waals surface area contributed by atoms with Crippen LogP contribution in [0.5, 0.6) is 5.75 Å². The first-order valence-electron chi connectivity index (χ1n) is 5.26. The van der Waals surface area contributed by atoms with Crippen LogP contribution in [0.3, 0.4) is 0 Å². The monoisotopic (exact) mass is 251 g/mol. The molecule has 1 unspecified atom stereocenters. The molecule has 0 aliphatic heterocycles. The first-order chi connectivity index (χ1) is 8.13. The van der Waals surface area contributed by atoms with Crippen molar-refractivity contribution in [2.45, 2.75) is 13.0 Å². The van der Waals surface area contributed by atoms with Gasteiger partial charge in [0.25, 0.3) is 0 Å². The lowest BCUT2D eigenvalue weighted by molar-refractivity contribution is 0.414. The minimum absolute atomic E-state index is 0.285. The van der Waals surface area contributed by atoms with Gasteiger partial charge in [0, 0.05) is 5.56 Å². The second-order valence-corrected chi connectivity index (χ2v) is 4.19. The van der Waals surface area contributed by atoms with Gasteiger partial charge in [-0.1, -0.05) is 6.07 Å². The van der Waals surface area contributed by atoms with E-state index in [9.17, 15) is 0 Å². The van der Waals surface area contributed by atoms with E-state index in [1.165, 1.54) is 6.26 Å². The van der Waals surface area contributed by atoms with Gasteiger partial charge >= 0.3 is 0 Å². The summed E-state index contributed by atoms with van der Waals surface area (Å²) in [5.41, 5.74) is 9.03. The number of benzene rings is 1. The fourth-order valence-corrected chi connectivity index (χ4v) is 2.05. The van der Waals surface area contributed by atoms with Gasteiger partial charge in [-0.2, -0.15) is 0 Å². The van der Waals surface area contributed by atoms with Gasteiger partial charge < -0.3 is 14.9 Å². The zero-order valence-electron chi connectivity index (χ0n) is 9.74. The summed E-state index contributed by atoms with van der Waals surface area (Å²) >= 11 is 5.92.